The molecule has 0 saturated carbocycles. The van der Waals surface area contributed by atoms with E-state index in [1.807, 2.05) is 23.6 Å². The lowest BCUT2D eigenvalue weighted by Crippen LogP contribution is -2.18. The normalized spacial score (nSPS) is 10.6. The zero-order valence-electron chi connectivity index (χ0n) is 15.7. The maximum absolute atomic E-state index is 12.4. The molecule has 0 aliphatic carbocycles. The maximum Gasteiger partial charge on any atom is 0.234 e. The molecule has 0 unspecified atom stereocenters. The van der Waals surface area contributed by atoms with Crippen LogP contribution >= 0.6 is 11.8 Å². The molecule has 0 fully saturated rings. The lowest BCUT2D eigenvalue weighted by molar-refractivity contribution is -0.117. The first-order valence-corrected chi connectivity index (χ1v) is 9.69. The summed E-state index contributed by atoms with van der Waals surface area (Å²) in [4.78, 5) is 23.6. The highest BCUT2D eigenvalue weighted by molar-refractivity contribution is 7.99. The number of carbonyl (C=O) groups excluding carboxylic acids is 2. The summed E-state index contributed by atoms with van der Waals surface area (Å²) in [5.41, 5.74) is 9.87. The first-order chi connectivity index (χ1) is 13.4. The number of amides is 2. The van der Waals surface area contributed by atoms with Crippen molar-refractivity contribution in [3.05, 3.63) is 65.5 Å². The number of anilines is 1. The number of carbonyl (C=O) groups is 2. The smallest absolute Gasteiger partial charge is 0.234 e. The molecular weight excluding hydrogens is 374 g/mol. The van der Waals surface area contributed by atoms with Crippen molar-refractivity contribution in [3.63, 3.8) is 0 Å². The van der Waals surface area contributed by atoms with Gasteiger partial charge in [-0.3, -0.25) is 14.2 Å². The second-order valence-corrected chi connectivity index (χ2v) is 7.33. The Bertz CT molecular complexity index is 1020. The van der Waals surface area contributed by atoms with Crippen molar-refractivity contribution < 1.29 is 9.59 Å². The number of thioether (sulfide) groups is 1. The molecule has 0 saturated heterocycles. The number of nitrogens with zero attached hydrogens (tertiary/aromatic N) is 3. The first kappa shape index (κ1) is 19.6. The number of aromatic nitrogens is 3. The summed E-state index contributed by atoms with van der Waals surface area (Å²) in [6.45, 7) is 4.11. The van der Waals surface area contributed by atoms with Crippen LogP contribution in [0.25, 0.3) is 5.69 Å². The minimum atomic E-state index is -0.447. The number of hydrogen-bond acceptors (Lipinski definition) is 5. The molecule has 3 aromatic rings. The third-order valence-electron chi connectivity index (χ3n) is 4.27. The van der Waals surface area contributed by atoms with E-state index in [4.69, 9.17) is 5.73 Å². The number of nitrogens with two attached hydrogens (primary N) is 1. The Morgan fingerprint density at radius 1 is 1.14 bits per heavy atom. The van der Waals surface area contributed by atoms with Crippen LogP contribution < -0.4 is 11.1 Å². The molecule has 2 aromatic carbocycles. The van der Waals surface area contributed by atoms with Gasteiger partial charge in [0.2, 0.25) is 11.8 Å². The number of para-hydroxylation sites is 1. The Labute approximate surface area is 167 Å². The fourth-order valence-electron chi connectivity index (χ4n) is 2.68. The molecule has 0 spiro atoms. The van der Waals surface area contributed by atoms with Gasteiger partial charge in [0.05, 0.1) is 12.2 Å². The van der Waals surface area contributed by atoms with Crippen molar-refractivity contribution in [2.45, 2.75) is 25.4 Å². The number of nitrogens with one attached hydrogen (secondary N) is 1. The van der Waals surface area contributed by atoms with Gasteiger partial charge in [0, 0.05) is 11.4 Å². The summed E-state index contributed by atoms with van der Waals surface area (Å²) in [6.07, 6.45) is 1.71. The van der Waals surface area contributed by atoms with Crippen molar-refractivity contribution in [1.29, 1.82) is 0 Å². The summed E-state index contributed by atoms with van der Waals surface area (Å²) in [6, 6.07) is 13.2. The van der Waals surface area contributed by atoms with Crippen LogP contribution in [0, 0.1) is 13.8 Å². The molecule has 0 bridgehead atoms. The van der Waals surface area contributed by atoms with E-state index in [-0.39, 0.29) is 18.1 Å². The zero-order valence-corrected chi connectivity index (χ0v) is 16.5. The SMILES string of the molecule is Cc1ccc(-n2cnnc2SCC(=O)Nc2ccccc2CC(N)=O)cc1C. The average Bonchev–Trinajstić information content (AvgIpc) is 3.12. The van der Waals surface area contributed by atoms with Crippen LogP contribution in [0.15, 0.2) is 53.9 Å². The van der Waals surface area contributed by atoms with Crippen LogP contribution in [-0.2, 0) is 16.0 Å². The molecule has 7 nitrogen and oxygen atoms in total. The highest BCUT2D eigenvalue weighted by Crippen LogP contribution is 2.22. The van der Waals surface area contributed by atoms with Crippen LogP contribution in [0.1, 0.15) is 16.7 Å². The Balaban J connectivity index is 1.67. The minimum Gasteiger partial charge on any atom is -0.369 e. The Hall–Kier alpha value is -3.13. The maximum atomic E-state index is 12.4. The van der Waals surface area contributed by atoms with Gasteiger partial charge >= 0.3 is 0 Å². The summed E-state index contributed by atoms with van der Waals surface area (Å²) in [5, 5.41) is 11.5. The van der Waals surface area contributed by atoms with Gasteiger partial charge in [0.1, 0.15) is 6.33 Å². The van der Waals surface area contributed by atoms with E-state index < -0.39 is 5.91 Å². The predicted octanol–water partition coefficient (Wildman–Crippen LogP) is 2.64. The number of aryl methyl sites for hydroxylation is 2. The summed E-state index contributed by atoms with van der Waals surface area (Å²) in [7, 11) is 0. The fraction of sp³-hybridized carbons (Fsp3) is 0.200. The van der Waals surface area contributed by atoms with Gasteiger partial charge < -0.3 is 11.1 Å². The quantitative estimate of drug-likeness (QED) is 0.599. The molecule has 0 aliphatic heterocycles. The minimum absolute atomic E-state index is 0.0741. The number of rotatable bonds is 7. The van der Waals surface area contributed by atoms with Gasteiger partial charge in [-0.1, -0.05) is 36.0 Å². The average molecular weight is 395 g/mol. The van der Waals surface area contributed by atoms with Crippen molar-refractivity contribution in [3.8, 4) is 5.69 Å². The molecule has 2 amide bonds. The van der Waals surface area contributed by atoms with Crippen molar-refractivity contribution >= 4 is 29.3 Å². The summed E-state index contributed by atoms with van der Waals surface area (Å²) < 4.78 is 1.85. The van der Waals surface area contributed by atoms with Gasteiger partial charge in [-0.05, 0) is 48.7 Å². The number of primary amides is 1. The monoisotopic (exact) mass is 395 g/mol. The van der Waals surface area contributed by atoms with E-state index in [1.165, 1.54) is 22.9 Å². The van der Waals surface area contributed by atoms with Crippen LogP contribution in [0.2, 0.25) is 0 Å². The molecule has 28 heavy (non-hydrogen) atoms. The molecular formula is C20H21N5O2S. The van der Waals surface area contributed by atoms with Gasteiger partial charge in [-0.2, -0.15) is 0 Å². The molecule has 0 atom stereocenters. The molecule has 3 rings (SSSR count). The molecule has 3 N–H and O–H groups in total. The van der Waals surface area contributed by atoms with Crippen LogP contribution in [0.4, 0.5) is 5.69 Å². The van der Waals surface area contributed by atoms with Gasteiger partial charge in [-0.25, -0.2) is 0 Å². The number of hydrogen-bond donors (Lipinski definition) is 2. The lowest BCUT2D eigenvalue weighted by Gasteiger charge is -2.11. The first-order valence-electron chi connectivity index (χ1n) is 8.70. The van der Waals surface area contributed by atoms with E-state index in [0.29, 0.717) is 16.4 Å². The molecule has 0 radical (unpaired) electrons. The van der Waals surface area contributed by atoms with E-state index in [9.17, 15) is 9.59 Å². The Kier molecular flexibility index (Phi) is 6.10. The standard InChI is InChI=1S/C20H21N5O2S/c1-13-7-8-16(9-14(13)2)25-12-22-24-20(25)28-11-19(27)23-17-6-4-3-5-15(17)10-18(21)26/h3-9,12H,10-11H2,1-2H3,(H2,21,26)(H,23,27). The highest BCUT2D eigenvalue weighted by Gasteiger charge is 2.13. The molecule has 1 aromatic heterocycles. The summed E-state index contributed by atoms with van der Waals surface area (Å²) in [5.74, 6) is -0.483. The van der Waals surface area contributed by atoms with Crippen LogP contribution in [-0.4, -0.2) is 32.3 Å². The molecule has 0 aliphatic rings. The van der Waals surface area contributed by atoms with Gasteiger partial charge in [0.25, 0.3) is 0 Å². The van der Waals surface area contributed by atoms with Crippen LogP contribution in [0.3, 0.4) is 0 Å². The van der Waals surface area contributed by atoms with E-state index in [0.717, 1.165) is 5.69 Å². The van der Waals surface area contributed by atoms with E-state index in [2.05, 4.69) is 28.5 Å². The Morgan fingerprint density at radius 2 is 1.93 bits per heavy atom. The second-order valence-electron chi connectivity index (χ2n) is 6.39. The topological polar surface area (TPSA) is 103 Å². The van der Waals surface area contributed by atoms with Crippen molar-refractivity contribution in [2.24, 2.45) is 5.73 Å². The molecule has 1 heterocycles. The van der Waals surface area contributed by atoms with Gasteiger partial charge in [-0.15, -0.1) is 10.2 Å². The summed E-state index contributed by atoms with van der Waals surface area (Å²) >= 11 is 1.29. The zero-order chi connectivity index (χ0) is 20.1. The third kappa shape index (κ3) is 4.77. The van der Waals surface area contributed by atoms with Crippen LogP contribution in [0.5, 0.6) is 0 Å². The van der Waals surface area contributed by atoms with Gasteiger partial charge in [0.15, 0.2) is 5.16 Å². The van der Waals surface area contributed by atoms with E-state index >= 15 is 0 Å². The second kappa shape index (κ2) is 8.71. The van der Waals surface area contributed by atoms with E-state index in [1.54, 1.807) is 30.6 Å². The predicted molar refractivity (Wildman–Crippen MR) is 110 cm³/mol. The lowest BCUT2D eigenvalue weighted by atomic mass is 10.1. The molecule has 8 heteroatoms. The Morgan fingerprint density at radius 3 is 2.68 bits per heavy atom. The fourth-order valence-corrected chi connectivity index (χ4v) is 3.40. The van der Waals surface area contributed by atoms with Crippen molar-refractivity contribution in [1.82, 2.24) is 14.8 Å². The third-order valence-corrected chi connectivity index (χ3v) is 5.22. The van der Waals surface area contributed by atoms with Crippen molar-refractivity contribution in [2.75, 3.05) is 11.1 Å². The largest absolute Gasteiger partial charge is 0.369 e. The highest BCUT2D eigenvalue weighted by atomic mass is 32.2. The molecule has 144 valence electrons. The number of benzene rings is 2.